The summed E-state index contributed by atoms with van der Waals surface area (Å²) in [6, 6.07) is 6.15. The van der Waals surface area contributed by atoms with E-state index in [1.807, 2.05) is 6.92 Å². The van der Waals surface area contributed by atoms with E-state index in [0.717, 1.165) is 4.90 Å². The number of hydrogen-bond donors (Lipinski definition) is 1. The monoisotopic (exact) mass is 311 g/mol. The molecule has 1 aromatic rings. The minimum absolute atomic E-state index is 0.00352. The van der Waals surface area contributed by atoms with Gasteiger partial charge in [0.1, 0.15) is 5.82 Å². The highest BCUT2D eigenvalue weighted by Crippen LogP contribution is 2.25. The van der Waals surface area contributed by atoms with Gasteiger partial charge in [0.05, 0.1) is 5.92 Å². The quantitative estimate of drug-likeness (QED) is 0.849. The molecule has 1 aliphatic rings. The number of nitrogens with zero attached hydrogens (tertiary/aromatic N) is 1. The van der Waals surface area contributed by atoms with E-state index in [-0.39, 0.29) is 17.6 Å². The normalized spacial score (nSPS) is 21.5. The van der Waals surface area contributed by atoms with Crippen molar-refractivity contribution in [2.75, 3.05) is 18.8 Å². The largest absolute Gasteiger partial charge is 0.481 e. The zero-order valence-electron chi connectivity index (χ0n) is 11.8. The molecule has 6 heteroatoms. The van der Waals surface area contributed by atoms with Crippen molar-refractivity contribution >= 4 is 23.6 Å². The average Bonchev–Trinajstić information content (AvgIpc) is 2.83. The molecule has 1 saturated heterocycles. The molecule has 0 spiro atoms. The van der Waals surface area contributed by atoms with Crippen molar-refractivity contribution in [1.82, 2.24) is 4.90 Å². The van der Waals surface area contributed by atoms with E-state index < -0.39 is 11.9 Å². The Kier molecular flexibility index (Phi) is 5.22. The molecule has 1 aromatic carbocycles. The summed E-state index contributed by atoms with van der Waals surface area (Å²) in [5.41, 5.74) is 0. The number of aliphatic carboxylic acids is 1. The Morgan fingerprint density at radius 2 is 2.00 bits per heavy atom. The fraction of sp³-hybridized carbons (Fsp3) is 0.467. The van der Waals surface area contributed by atoms with Crippen LogP contribution in [0.4, 0.5) is 4.39 Å². The second-order valence-electron chi connectivity index (χ2n) is 5.27. The number of carbonyl (C=O) groups is 2. The molecule has 0 saturated carbocycles. The Bertz CT molecular complexity index is 520. The smallest absolute Gasteiger partial charge is 0.308 e. The van der Waals surface area contributed by atoms with Gasteiger partial charge in [0, 0.05) is 30.2 Å². The first-order valence-electron chi connectivity index (χ1n) is 6.86. The van der Waals surface area contributed by atoms with Gasteiger partial charge < -0.3 is 10.0 Å². The Morgan fingerprint density at radius 3 is 2.57 bits per heavy atom. The van der Waals surface area contributed by atoms with Gasteiger partial charge in [-0.2, -0.15) is 0 Å². The first kappa shape index (κ1) is 15.8. The van der Waals surface area contributed by atoms with Crippen molar-refractivity contribution in [3.05, 3.63) is 30.1 Å². The van der Waals surface area contributed by atoms with Gasteiger partial charge in [-0.05, 0) is 30.2 Å². The van der Waals surface area contributed by atoms with Crippen molar-refractivity contribution in [2.24, 2.45) is 11.8 Å². The molecule has 0 bridgehead atoms. The molecule has 1 aliphatic heterocycles. The zero-order chi connectivity index (χ0) is 15.4. The van der Waals surface area contributed by atoms with E-state index in [1.54, 1.807) is 17.0 Å². The molecule has 2 rings (SSSR count). The van der Waals surface area contributed by atoms with Crippen LogP contribution in [0.25, 0.3) is 0 Å². The van der Waals surface area contributed by atoms with Crippen LogP contribution in [0, 0.1) is 17.7 Å². The molecule has 21 heavy (non-hydrogen) atoms. The Hall–Kier alpha value is -1.56. The molecule has 1 heterocycles. The van der Waals surface area contributed by atoms with E-state index in [1.165, 1.54) is 23.9 Å². The Balaban J connectivity index is 1.77. The first-order valence-corrected chi connectivity index (χ1v) is 7.85. The standard InChI is InChI=1S/C15H18FNO3S/c1-10-8-17(9-13(10)15(19)20)14(18)6-7-21-12-4-2-11(16)3-5-12/h2-5,10,13H,6-9H2,1H3,(H,19,20)/t10-,13-/m1/s1. The van der Waals surface area contributed by atoms with Crippen molar-refractivity contribution in [2.45, 2.75) is 18.2 Å². The van der Waals surface area contributed by atoms with Gasteiger partial charge in [0.15, 0.2) is 0 Å². The number of halogens is 1. The predicted molar refractivity (Wildman–Crippen MR) is 78.6 cm³/mol. The second kappa shape index (κ2) is 6.93. The molecule has 4 nitrogen and oxygen atoms in total. The van der Waals surface area contributed by atoms with Crippen LogP contribution < -0.4 is 0 Å². The molecule has 114 valence electrons. The highest BCUT2D eigenvalue weighted by molar-refractivity contribution is 7.99. The molecular weight excluding hydrogens is 293 g/mol. The third-order valence-electron chi connectivity index (χ3n) is 3.68. The summed E-state index contributed by atoms with van der Waals surface area (Å²) in [6.45, 7) is 2.67. The number of carboxylic acid groups (broad SMARTS) is 1. The summed E-state index contributed by atoms with van der Waals surface area (Å²) in [5.74, 6) is -0.984. The number of thioether (sulfide) groups is 1. The molecule has 0 radical (unpaired) electrons. The fourth-order valence-electron chi connectivity index (χ4n) is 2.44. The summed E-state index contributed by atoms with van der Waals surface area (Å²) in [5, 5.41) is 9.06. The Morgan fingerprint density at radius 1 is 1.33 bits per heavy atom. The maximum Gasteiger partial charge on any atom is 0.308 e. The van der Waals surface area contributed by atoms with E-state index in [2.05, 4.69) is 0 Å². The van der Waals surface area contributed by atoms with Crippen LogP contribution in [0.2, 0.25) is 0 Å². The number of amides is 1. The number of carboxylic acids is 1. The fourth-order valence-corrected chi connectivity index (χ4v) is 3.28. The molecule has 1 fully saturated rings. The highest BCUT2D eigenvalue weighted by Gasteiger charge is 2.36. The lowest BCUT2D eigenvalue weighted by Crippen LogP contribution is -2.30. The minimum atomic E-state index is -0.835. The maximum atomic E-state index is 12.8. The van der Waals surface area contributed by atoms with Crippen LogP contribution in [0.1, 0.15) is 13.3 Å². The number of carbonyl (C=O) groups excluding carboxylic acids is 1. The van der Waals surface area contributed by atoms with Crippen LogP contribution >= 0.6 is 11.8 Å². The lowest BCUT2D eigenvalue weighted by atomic mass is 9.99. The summed E-state index contributed by atoms with van der Waals surface area (Å²) in [7, 11) is 0. The topological polar surface area (TPSA) is 57.6 Å². The van der Waals surface area contributed by atoms with Gasteiger partial charge in [-0.3, -0.25) is 9.59 Å². The second-order valence-corrected chi connectivity index (χ2v) is 6.44. The number of hydrogen-bond acceptors (Lipinski definition) is 3. The van der Waals surface area contributed by atoms with Gasteiger partial charge in [-0.15, -0.1) is 11.8 Å². The minimum Gasteiger partial charge on any atom is -0.481 e. The highest BCUT2D eigenvalue weighted by atomic mass is 32.2. The predicted octanol–water partition coefficient (Wildman–Crippen LogP) is 2.49. The number of benzene rings is 1. The lowest BCUT2D eigenvalue weighted by Gasteiger charge is -2.15. The van der Waals surface area contributed by atoms with Crippen LogP contribution in [0.3, 0.4) is 0 Å². The zero-order valence-corrected chi connectivity index (χ0v) is 12.6. The molecule has 1 amide bonds. The van der Waals surface area contributed by atoms with Gasteiger partial charge >= 0.3 is 5.97 Å². The SMILES string of the molecule is C[C@@H]1CN(C(=O)CCSc2ccc(F)cc2)C[C@H]1C(=O)O. The van der Waals surface area contributed by atoms with Crippen molar-refractivity contribution in [3.63, 3.8) is 0 Å². The van der Waals surface area contributed by atoms with Crippen molar-refractivity contribution < 1.29 is 19.1 Å². The molecule has 0 unspecified atom stereocenters. The Labute approximate surface area is 127 Å². The van der Waals surface area contributed by atoms with Crippen LogP contribution in [0.5, 0.6) is 0 Å². The van der Waals surface area contributed by atoms with Gasteiger partial charge in [0.25, 0.3) is 0 Å². The average molecular weight is 311 g/mol. The molecule has 2 atom stereocenters. The van der Waals surface area contributed by atoms with Crippen LogP contribution in [-0.2, 0) is 9.59 Å². The summed E-state index contributed by atoms with van der Waals surface area (Å²) in [6.07, 6.45) is 0.362. The van der Waals surface area contributed by atoms with Crippen LogP contribution in [-0.4, -0.2) is 40.7 Å². The third-order valence-corrected chi connectivity index (χ3v) is 4.69. The summed E-state index contributed by atoms with van der Waals surface area (Å²) in [4.78, 5) is 25.6. The van der Waals surface area contributed by atoms with Gasteiger partial charge in [0.2, 0.25) is 5.91 Å². The van der Waals surface area contributed by atoms with Crippen LogP contribution in [0.15, 0.2) is 29.2 Å². The van der Waals surface area contributed by atoms with Crippen molar-refractivity contribution in [1.29, 1.82) is 0 Å². The summed E-state index contributed by atoms with van der Waals surface area (Å²) >= 11 is 1.49. The van der Waals surface area contributed by atoms with Crippen molar-refractivity contribution in [3.8, 4) is 0 Å². The van der Waals surface area contributed by atoms with Gasteiger partial charge in [-0.25, -0.2) is 4.39 Å². The van der Waals surface area contributed by atoms with E-state index >= 15 is 0 Å². The molecular formula is C15H18FNO3S. The van der Waals surface area contributed by atoms with E-state index in [9.17, 15) is 14.0 Å². The number of likely N-dealkylation sites (tertiary alicyclic amines) is 1. The third kappa shape index (κ3) is 4.20. The molecule has 0 aliphatic carbocycles. The van der Waals surface area contributed by atoms with Gasteiger partial charge in [-0.1, -0.05) is 6.92 Å². The van der Waals surface area contributed by atoms with E-state index in [4.69, 9.17) is 5.11 Å². The first-order chi connectivity index (χ1) is 9.97. The lowest BCUT2D eigenvalue weighted by molar-refractivity contribution is -0.142. The molecule has 1 N–H and O–H groups in total. The summed E-state index contributed by atoms with van der Waals surface area (Å²) < 4.78 is 12.8. The van der Waals surface area contributed by atoms with E-state index in [0.29, 0.717) is 25.3 Å². The number of rotatable bonds is 5. The molecule has 0 aromatic heterocycles. The maximum absolute atomic E-state index is 12.8.